The molecule has 0 aromatic heterocycles. The van der Waals surface area contributed by atoms with E-state index >= 15 is 0 Å². The molecule has 1 aromatic carbocycles. The summed E-state index contributed by atoms with van der Waals surface area (Å²) in [6, 6.07) is 4.34. The Balaban J connectivity index is 3.07. The molecule has 100 valence electrons. The molecular weight excluding hydrogens is 224 g/mol. The van der Waals surface area contributed by atoms with Gasteiger partial charge in [-0.1, -0.05) is 24.6 Å². The Morgan fingerprint density at radius 2 is 1.83 bits per heavy atom. The molecule has 1 atom stereocenters. The molecule has 1 amide bonds. The Labute approximate surface area is 110 Å². The molecule has 0 saturated heterocycles. The van der Waals surface area contributed by atoms with Crippen molar-refractivity contribution in [1.82, 2.24) is 5.32 Å². The van der Waals surface area contributed by atoms with Crippen LogP contribution in [-0.4, -0.2) is 12.5 Å². The van der Waals surface area contributed by atoms with E-state index in [4.69, 9.17) is 5.73 Å². The number of nitrogens with one attached hydrogen (secondary N) is 1. The third-order valence-corrected chi connectivity index (χ3v) is 3.13. The highest BCUT2D eigenvalue weighted by Crippen LogP contribution is 2.25. The number of nitrogens with two attached hydrogens (primary N) is 1. The van der Waals surface area contributed by atoms with Crippen LogP contribution in [0.15, 0.2) is 12.1 Å². The maximum atomic E-state index is 11.2. The Morgan fingerprint density at radius 3 is 2.28 bits per heavy atom. The van der Waals surface area contributed by atoms with Gasteiger partial charge in [0.25, 0.3) is 0 Å². The van der Waals surface area contributed by atoms with Gasteiger partial charge in [-0.25, -0.2) is 0 Å². The molecule has 1 unspecified atom stereocenters. The minimum absolute atomic E-state index is 0.0306. The van der Waals surface area contributed by atoms with E-state index in [0.29, 0.717) is 6.42 Å². The molecule has 3 heteroatoms. The number of hydrogen-bond acceptors (Lipinski definition) is 2. The maximum absolute atomic E-state index is 11.2. The molecule has 0 spiro atoms. The van der Waals surface area contributed by atoms with Crippen LogP contribution in [0.3, 0.4) is 0 Å². The quantitative estimate of drug-likeness (QED) is 0.812. The topological polar surface area (TPSA) is 55.1 Å². The lowest BCUT2D eigenvalue weighted by Crippen LogP contribution is -2.28. The van der Waals surface area contributed by atoms with Gasteiger partial charge in [-0.15, -0.1) is 0 Å². The minimum atomic E-state index is -0.261. The molecule has 3 nitrogen and oxygen atoms in total. The molecule has 0 saturated carbocycles. The van der Waals surface area contributed by atoms with E-state index in [-0.39, 0.29) is 11.9 Å². The van der Waals surface area contributed by atoms with Crippen LogP contribution in [-0.2, 0) is 4.79 Å². The summed E-state index contributed by atoms with van der Waals surface area (Å²) in [5.41, 5.74) is 10.3. The SMILES string of the molecule is CCCNC(CC(N)=O)c1c(C)cc(C)cc1C. The van der Waals surface area contributed by atoms with Gasteiger partial charge in [-0.05, 0) is 50.4 Å². The molecule has 0 radical (unpaired) electrons. The predicted octanol–water partition coefficient (Wildman–Crippen LogP) is 2.53. The molecule has 1 aromatic rings. The van der Waals surface area contributed by atoms with E-state index < -0.39 is 0 Å². The Bertz CT molecular complexity index is 403. The molecule has 0 heterocycles. The number of carbonyl (C=O) groups excluding carboxylic acids is 1. The predicted molar refractivity (Wildman–Crippen MR) is 75.5 cm³/mol. The van der Waals surface area contributed by atoms with Crippen molar-refractivity contribution in [2.45, 2.75) is 46.6 Å². The first-order chi connectivity index (χ1) is 8.45. The van der Waals surface area contributed by atoms with Crippen molar-refractivity contribution in [3.63, 3.8) is 0 Å². The summed E-state index contributed by atoms with van der Waals surface area (Å²) < 4.78 is 0. The van der Waals surface area contributed by atoms with Gasteiger partial charge < -0.3 is 11.1 Å². The molecular formula is C15H24N2O. The van der Waals surface area contributed by atoms with Crippen LogP contribution >= 0.6 is 0 Å². The molecule has 0 aliphatic carbocycles. The van der Waals surface area contributed by atoms with E-state index in [9.17, 15) is 4.79 Å². The molecule has 0 bridgehead atoms. The summed E-state index contributed by atoms with van der Waals surface area (Å²) in [6.45, 7) is 9.29. The van der Waals surface area contributed by atoms with Crippen LogP contribution in [0.5, 0.6) is 0 Å². The highest BCUT2D eigenvalue weighted by atomic mass is 16.1. The van der Waals surface area contributed by atoms with Crippen molar-refractivity contribution in [3.05, 3.63) is 34.4 Å². The smallest absolute Gasteiger partial charge is 0.219 e. The average Bonchev–Trinajstić information content (AvgIpc) is 2.23. The fourth-order valence-electron chi connectivity index (χ4n) is 2.54. The zero-order valence-corrected chi connectivity index (χ0v) is 11.8. The Kier molecular flexibility index (Phi) is 5.35. The molecule has 18 heavy (non-hydrogen) atoms. The third kappa shape index (κ3) is 3.84. The molecule has 3 N–H and O–H groups in total. The number of benzene rings is 1. The van der Waals surface area contributed by atoms with Gasteiger partial charge in [0.15, 0.2) is 0 Å². The van der Waals surface area contributed by atoms with Gasteiger partial charge in [0.1, 0.15) is 0 Å². The summed E-state index contributed by atoms with van der Waals surface area (Å²) in [5, 5.41) is 3.42. The standard InChI is InChI=1S/C15H24N2O/c1-5-6-17-13(9-14(16)18)15-11(3)7-10(2)8-12(15)4/h7-8,13,17H,5-6,9H2,1-4H3,(H2,16,18). The number of aryl methyl sites for hydroxylation is 3. The minimum Gasteiger partial charge on any atom is -0.370 e. The van der Waals surface area contributed by atoms with Crippen molar-refractivity contribution in [2.24, 2.45) is 5.73 Å². The Hall–Kier alpha value is -1.35. The van der Waals surface area contributed by atoms with Gasteiger partial charge in [0.05, 0.1) is 0 Å². The van der Waals surface area contributed by atoms with Gasteiger partial charge >= 0.3 is 0 Å². The Morgan fingerprint density at radius 1 is 1.28 bits per heavy atom. The first-order valence-corrected chi connectivity index (χ1v) is 6.55. The first-order valence-electron chi connectivity index (χ1n) is 6.55. The van der Waals surface area contributed by atoms with E-state index in [2.05, 4.69) is 45.1 Å². The van der Waals surface area contributed by atoms with Crippen LogP contribution < -0.4 is 11.1 Å². The van der Waals surface area contributed by atoms with Crippen molar-refractivity contribution >= 4 is 5.91 Å². The van der Waals surface area contributed by atoms with Crippen molar-refractivity contribution in [3.8, 4) is 0 Å². The number of amides is 1. The number of rotatable bonds is 6. The van der Waals surface area contributed by atoms with Crippen LogP contribution in [0.25, 0.3) is 0 Å². The first kappa shape index (κ1) is 14.7. The van der Waals surface area contributed by atoms with Crippen molar-refractivity contribution in [2.75, 3.05) is 6.54 Å². The normalized spacial score (nSPS) is 12.4. The van der Waals surface area contributed by atoms with Crippen LogP contribution in [0.4, 0.5) is 0 Å². The van der Waals surface area contributed by atoms with Crippen LogP contribution in [0, 0.1) is 20.8 Å². The van der Waals surface area contributed by atoms with Gasteiger partial charge in [0.2, 0.25) is 5.91 Å². The second-order valence-corrected chi connectivity index (χ2v) is 4.99. The lowest BCUT2D eigenvalue weighted by molar-refractivity contribution is -0.118. The monoisotopic (exact) mass is 248 g/mol. The lowest BCUT2D eigenvalue weighted by Gasteiger charge is -2.22. The molecule has 0 fully saturated rings. The molecule has 0 aliphatic rings. The largest absolute Gasteiger partial charge is 0.370 e. The molecule has 1 rings (SSSR count). The highest BCUT2D eigenvalue weighted by molar-refractivity contribution is 5.75. The summed E-state index contributed by atoms with van der Waals surface area (Å²) in [4.78, 5) is 11.2. The van der Waals surface area contributed by atoms with Crippen molar-refractivity contribution in [1.29, 1.82) is 0 Å². The zero-order chi connectivity index (χ0) is 13.7. The average molecular weight is 248 g/mol. The van der Waals surface area contributed by atoms with Gasteiger partial charge in [-0.3, -0.25) is 4.79 Å². The summed E-state index contributed by atoms with van der Waals surface area (Å²) in [6.07, 6.45) is 1.39. The van der Waals surface area contributed by atoms with E-state index in [1.807, 2.05) is 0 Å². The maximum Gasteiger partial charge on any atom is 0.219 e. The summed E-state index contributed by atoms with van der Waals surface area (Å²) >= 11 is 0. The summed E-state index contributed by atoms with van der Waals surface area (Å²) in [5.74, 6) is -0.261. The summed E-state index contributed by atoms with van der Waals surface area (Å²) in [7, 11) is 0. The van der Waals surface area contributed by atoms with Crippen molar-refractivity contribution < 1.29 is 4.79 Å². The van der Waals surface area contributed by atoms with Crippen LogP contribution in [0.2, 0.25) is 0 Å². The van der Waals surface area contributed by atoms with E-state index in [1.54, 1.807) is 0 Å². The second-order valence-electron chi connectivity index (χ2n) is 4.99. The number of primary amides is 1. The fourth-order valence-corrected chi connectivity index (χ4v) is 2.54. The number of hydrogen-bond donors (Lipinski definition) is 2. The zero-order valence-electron chi connectivity index (χ0n) is 11.8. The van der Waals surface area contributed by atoms with E-state index in [1.165, 1.54) is 22.3 Å². The lowest BCUT2D eigenvalue weighted by atomic mass is 9.92. The number of carbonyl (C=O) groups is 1. The van der Waals surface area contributed by atoms with Crippen LogP contribution in [0.1, 0.15) is 48.1 Å². The second kappa shape index (κ2) is 6.55. The molecule has 0 aliphatic heterocycles. The fraction of sp³-hybridized carbons (Fsp3) is 0.533. The third-order valence-electron chi connectivity index (χ3n) is 3.13. The highest BCUT2D eigenvalue weighted by Gasteiger charge is 2.17. The van der Waals surface area contributed by atoms with E-state index in [0.717, 1.165) is 13.0 Å². The van der Waals surface area contributed by atoms with Gasteiger partial charge in [-0.2, -0.15) is 0 Å². The van der Waals surface area contributed by atoms with Gasteiger partial charge in [0, 0.05) is 12.5 Å².